The predicted octanol–water partition coefficient (Wildman–Crippen LogP) is 5.39. The second-order valence-electron chi connectivity index (χ2n) is 8.39. The molecular formula is C26H25ClN2O4. The lowest BCUT2D eigenvalue weighted by Gasteiger charge is -2.22. The summed E-state index contributed by atoms with van der Waals surface area (Å²) in [6.45, 7) is 4.19. The summed E-state index contributed by atoms with van der Waals surface area (Å²) in [6.07, 6.45) is 1.66. The number of carbonyl (C=O) groups excluding carboxylic acids is 2. The van der Waals surface area contributed by atoms with Crippen LogP contribution in [0.15, 0.2) is 53.3 Å². The molecule has 170 valence electrons. The Hall–Kier alpha value is -3.38. The summed E-state index contributed by atoms with van der Waals surface area (Å²) in [5, 5.41) is 3.04. The molecule has 2 aromatic carbocycles. The number of ketones is 1. The van der Waals surface area contributed by atoms with Gasteiger partial charge in [0, 0.05) is 29.1 Å². The number of fused-ring (bicyclic) bond motifs is 1. The number of methoxy groups -OCH3 is 1. The van der Waals surface area contributed by atoms with Gasteiger partial charge < -0.3 is 10.1 Å². The third-order valence-electron chi connectivity index (χ3n) is 5.89. The Morgan fingerprint density at radius 3 is 2.42 bits per heavy atom. The van der Waals surface area contributed by atoms with E-state index in [1.807, 2.05) is 24.3 Å². The van der Waals surface area contributed by atoms with Crippen molar-refractivity contribution in [2.45, 2.75) is 39.0 Å². The number of hydrogen-bond acceptors (Lipinski definition) is 4. The van der Waals surface area contributed by atoms with Crippen LogP contribution in [0.1, 0.15) is 64.6 Å². The fourth-order valence-corrected chi connectivity index (χ4v) is 4.34. The van der Waals surface area contributed by atoms with E-state index >= 15 is 0 Å². The first kappa shape index (κ1) is 22.8. The number of amides is 1. The van der Waals surface area contributed by atoms with Crippen molar-refractivity contribution in [3.05, 3.63) is 86.3 Å². The quantitative estimate of drug-likeness (QED) is 0.548. The van der Waals surface area contributed by atoms with E-state index in [0.717, 1.165) is 5.56 Å². The van der Waals surface area contributed by atoms with Crippen molar-refractivity contribution in [2.75, 3.05) is 12.4 Å². The molecule has 0 spiro atoms. The van der Waals surface area contributed by atoms with E-state index in [9.17, 15) is 14.4 Å². The van der Waals surface area contributed by atoms with E-state index < -0.39 is 11.5 Å². The highest BCUT2D eigenvalue weighted by Crippen LogP contribution is 2.28. The number of aromatic nitrogens is 1. The van der Waals surface area contributed by atoms with Gasteiger partial charge in [-0.2, -0.15) is 0 Å². The standard InChI is InChI=1S/C26H25ClN2O4/c1-15(2)16-7-10-18(11-8-16)29-22-5-4-6-23(30)19(22)14-20(26(29)32)25(31)28-17-9-12-24(33-3)21(27)13-17/h7-15H,4-6H2,1-3H3,(H,28,31). The second kappa shape index (κ2) is 9.24. The maximum Gasteiger partial charge on any atom is 0.268 e. The summed E-state index contributed by atoms with van der Waals surface area (Å²) < 4.78 is 6.64. The van der Waals surface area contributed by atoms with Gasteiger partial charge in [-0.15, -0.1) is 0 Å². The van der Waals surface area contributed by atoms with E-state index in [4.69, 9.17) is 16.3 Å². The number of nitrogens with one attached hydrogen (secondary N) is 1. The van der Waals surface area contributed by atoms with E-state index in [2.05, 4.69) is 19.2 Å². The number of hydrogen-bond donors (Lipinski definition) is 1. The van der Waals surface area contributed by atoms with Crippen molar-refractivity contribution in [3.63, 3.8) is 0 Å². The first-order valence-electron chi connectivity index (χ1n) is 10.9. The van der Waals surface area contributed by atoms with Gasteiger partial charge in [0.05, 0.1) is 12.1 Å². The van der Waals surface area contributed by atoms with Crippen LogP contribution in [-0.4, -0.2) is 23.4 Å². The van der Waals surface area contributed by atoms with Gasteiger partial charge in [-0.1, -0.05) is 37.6 Å². The SMILES string of the molecule is COc1ccc(NC(=O)c2cc3c(n(-c4ccc(C(C)C)cc4)c2=O)CCCC3=O)cc1Cl. The van der Waals surface area contributed by atoms with Crippen molar-refractivity contribution in [3.8, 4) is 11.4 Å². The molecule has 1 aliphatic carbocycles. The minimum atomic E-state index is -0.602. The van der Waals surface area contributed by atoms with Gasteiger partial charge in [0.25, 0.3) is 11.5 Å². The number of ether oxygens (including phenoxy) is 1. The first-order chi connectivity index (χ1) is 15.8. The highest BCUT2D eigenvalue weighted by atomic mass is 35.5. The number of anilines is 1. The number of Topliss-reactive ketones (excluding diaryl/α,β-unsaturated/α-hetero) is 1. The Kier molecular flexibility index (Phi) is 6.38. The third kappa shape index (κ3) is 4.44. The van der Waals surface area contributed by atoms with Crippen molar-refractivity contribution in [1.82, 2.24) is 4.57 Å². The van der Waals surface area contributed by atoms with Crippen LogP contribution < -0.4 is 15.6 Å². The molecule has 3 aromatic rings. The molecule has 4 rings (SSSR count). The summed E-state index contributed by atoms with van der Waals surface area (Å²) in [5.41, 5.74) is 2.72. The number of nitrogens with zero attached hydrogens (tertiary/aromatic N) is 1. The Bertz CT molecular complexity index is 1290. The van der Waals surface area contributed by atoms with Crippen molar-refractivity contribution < 1.29 is 14.3 Å². The number of pyridine rings is 1. The van der Waals surface area contributed by atoms with Gasteiger partial charge in [-0.3, -0.25) is 19.0 Å². The minimum Gasteiger partial charge on any atom is -0.495 e. The maximum absolute atomic E-state index is 13.5. The molecular weight excluding hydrogens is 440 g/mol. The third-order valence-corrected chi connectivity index (χ3v) is 6.19. The molecule has 0 radical (unpaired) electrons. The van der Waals surface area contributed by atoms with Gasteiger partial charge in [0.2, 0.25) is 0 Å². The minimum absolute atomic E-state index is 0.0645. The molecule has 33 heavy (non-hydrogen) atoms. The number of benzene rings is 2. The fraction of sp³-hybridized carbons (Fsp3) is 0.269. The fourth-order valence-electron chi connectivity index (χ4n) is 4.08. The molecule has 0 saturated heterocycles. The van der Waals surface area contributed by atoms with E-state index in [1.54, 1.807) is 18.2 Å². The zero-order chi connectivity index (χ0) is 23.7. The van der Waals surface area contributed by atoms with Crippen molar-refractivity contribution in [2.24, 2.45) is 0 Å². The molecule has 1 aromatic heterocycles. The van der Waals surface area contributed by atoms with Crippen LogP contribution in [-0.2, 0) is 6.42 Å². The van der Waals surface area contributed by atoms with Crippen LogP contribution in [0.5, 0.6) is 5.75 Å². The lowest BCUT2D eigenvalue weighted by Crippen LogP contribution is -2.33. The molecule has 0 aliphatic heterocycles. The summed E-state index contributed by atoms with van der Waals surface area (Å²) in [7, 11) is 1.50. The normalized spacial score (nSPS) is 13.1. The Morgan fingerprint density at radius 1 is 1.06 bits per heavy atom. The molecule has 0 bridgehead atoms. The molecule has 0 fully saturated rings. The monoisotopic (exact) mass is 464 g/mol. The van der Waals surface area contributed by atoms with E-state index in [1.165, 1.54) is 17.7 Å². The average Bonchev–Trinajstić information content (AvgIpc) is 2.79. The van der Waals surface area contributed by atoms with Crippen molar-refractivity contribution in [1.29, 1.82) is 0 Å². The van der Waals surface area contributed by atoms with Crippen LogP contribution in [0.2, 0.25) is 5.02 Å². The molecule has 7 heteroatoms. The molecule has 6 nitrogen and oxygen atoms in total. The van der Waals surface area contributed by atoms with Gasteiger partial charge >= 0.3 is 0 Å². The number of rotatable bonds is 5. The highest BCUT2D eigenvalue weighted by molar-refractivity contribution is 6.32. The Labute approximate surface area is 197 Å². The summed E-state index contributed by atoms with van der Waals surface area (Å²) in [6, 6.07) is 13.9. The average molecular weight is 465 g/mol. The summed E-state index contributed by atoms with van der Waals surface area (Å²) in [5.74, 6) is 0.154. The molecule has 1 amide bonds. The summed E-state index contributed by atoms with van der Waals surface area (Å²) in [4.78, 5) is 39.3. The second-order valence-corrected chi connectivity index (χ2v) is 8.79. The topological polar surface area (TPSA) is 77.4 Å². The van der Waals surface area contributed by atoms with Gasteiger partial charge in [-0.25, -0.2) is 0 Å². The first-order valence-corrected chi connectivity index (χ1v) is 11.2. The highest BCUT2D eigenvalue weighted by Gasteiger charge is 2.26. The maximum atomic E-state index is 13.5. The Morgan fingerprint density at radius 2 is 1.79 bits per heavy atom. The number of carbonyl (C=O) groups is 2. The van der Waals surface area contributed by atoms with Crippen LogP contribution in [0.25, 0.3) is 5.69 Å². The zero-order valence-electron chi connectivity index (χ0n) is 18.8. The van der Waals surface area contributed by atoms with Gasteiger partial charge in [0.15, 0.2) is 5.78 Å². The van der Waals surface area contributed by atoms with Crippen LogP contribution in [0.3, 0.4) is 0 Å². The van der Waals surface area contributed by atoms with Crippen LogP contribution in [0, 0.1) is 0 Å². The Balaban J connectivity index is 1.80. The zero-order valence-corrected chi connectivity index (χ0v) is 19.5. The predicted molar refractivity (Wildman–Crippen MR) is 129 cm³/mol. The molecule has 1 aliphatic rings. The lowest BCUT2D eigenvalue weighted by molar-refractivity contribution is 0.0971. The molecule has 0 unspecified atom stereocenters. The van der Waals surface area contributed by atoms with E-state index in [-0.39, 0.29) is 11.3 Å². The van der Waals surface area contributed by atoms with E-state index in [0.29, 0.717) is 58.6 Å². The van der Waals surface area contributed by atoms with Crippen LogP contribution >= 0.6 is 11.6 Å². The largest absolute Gasteiger partial charge is 0.495 e. The van der Waals surface area contributed by atoms with Gasteiger partial charge in [-0.05, 0) is 60.7 Å². The van der Waals surface area contributed by atoms with Crippen molar-refractivity contribution >= 4 is 29.0 Å². The summed E-state index contributed by atoms with van der Waals surface area (Å²) >= 11 is 6.16. The molecule has 0 saturated carbocycles. The molecule has 0 atom stereocenters. The smallest absolute Gasteiger partial charge is 0.268 e. The van der Waals surface area contributed by atoms with Gasteiger partial charge in [0.1, 0.15) is 11.3 Å². The lowest BCUT2D eigenvalue weighted by atomic mass is 9.92. The molecule has 1 N–H and O–H groups in total. The van der Waals surface area contributed by atoms with Crippen LogP contribution in [0.4, 0.5) is 5.69 Å². The number of halogens is 1. The molecule has 1 heterocycles.